The van der Waals surface area contributed by atoms with Crippen LogP contribution in [0.4, 0.5) is 5.69 Å². The Balaban J connectivity index is 1.46. The first kappa shape index (κ1) is 19.6. The van der Waals surface area contributed by atoms with Crippen molar-refractivity contribution < 1.29 is 8.42 Å². The fourth-order valence-corrected chi connectivity index (χ4v) is 6.45. The Bertz CT molecular complexity index is 979. The van der Waals surface area contributed by atoms with Gasteiger partial charge in [0.25, 0.3) is 10.0 Å². The maximum Gasteiger partial charge on any atom is 0.286 e. The lowest BCUT2D eigenvalue weighted by atomic mass is 9.96. The molecule has 0 bridgehead atoms. The highest BCUT2D eigenvalue weighted by molar-refractivity contribution is 7.90. The molecule has 28 heavy (non-hydrogen) atoms. The van der Waals surface area contributed by atoms with Crippen LogP contribution in [-0.4, -0.2) is 32.2 Å². The molecular weight excluding hydrogens is 390 g/mol. The number of fused-ring (bicyclic) bond motifs is 1. The maximum absolute atomic E-state index is 12.5. The van der Waals surface area contributed by atoms with Crippen molar-refractivity contribution in [3.8, 4) is 0 Å². The molecule has 1 atom stereocenters. The summed E-state index contributed by atoms with van der Waals surface area (Å²) in [6.45, 7) is 7.30. The number of amidine groups is 1. The number of rotatable bonds is 5. The summed E-state index contributed by atoms with van der Waals surface area (Å²) < 4.78 is 29.2. The molecule has 1 aromatic heterocycles. The van der Waals surface area contributed by atoms with Gasteiger partial charge in [-0.3, -0.25) is 4.90 Å². The van der Waals surface area contributed by atoms with Gasteiger partial charge < -0.3 is 5.32 Å². The lowest BCUT2D eigenvalue weighted by molar-refractivity contribution is 0.198. The average molecular weight is 418 g/mol. The van der Waals surface area contributed by atoms with Gasteiger partial charge in [0, 0.05) is 28.8 Å². The predicted octanol–water partition coefficient (Wildman–Crippen LogP) is 4.37. The first-order valence-corrected chi connectivity index (χ1v) is 12.2. The van der Waals surface area contributed by atoms with Gasteiger partial charge in [0.1, 0.15) is 10.7 Å². The number of para-hydroxylation sites is 1. The van der Waals surface area contributed by atoms with Crippen LogP contribution in [0.3, 0.4) is 0 Å². The molecule has 1 saturated heterocycles. The first-order chi connectivity index (χ1) is 13.4. The molecule has 2 aliphatic rings. The Morgan fingerprint density at radius 2 is 2.00 bits per heavy atom. The minimum atomic E-state index is -3.62. The van der Waals surface area contributed by atoms with E-state index in [-0.39, 0.29) is 10.8 Å². The molecule has 1 fully saturated rings. The Kier molecular flexibility index (Phi) is 5.58. The van der Waals surface area contributed by atoms with Crippen LogP contribution in [0.1, 0.15) is 36.4 Å². The second-order valence-electron chi connectivity index (χ2n) is 8.11. The van der Waals surface area contributed by atoms with E-state index in [1.54, 1.807) is 12.1 Å². The monoisotopic (exact) mass is 417 g/mol. The van der Waals surface area contributed by atoms with Gasteiger partial charge in [-0.05, 0) is 56.0 Å². The molecule has 3 heterocycles. The van der Waals surface area contributed by atoms with Crippen molar-refractivity contribution in [3.05, 3.63) is 46.2 Å². The van der Waals surface area contributed by atoms with E-state index in [9.17, 15) is 8.42 Å². The minimum absolute atomic E-state index is 0.118. The number of piperidine rings is 1. The first-order valence-electron chi connectivity index (χ1n) is 9.91. The molecule has 1 aromatic carbocycles. The zero-order chi connectivity index (χ0) is 19.7. The van der Waals surface area contributed by atoms with Crippen molar-refractivity contribution in [2.75, 3.05) is 18.4 Å². The summed E-state index contributed by atoms with van der Waals surface area (Å²) in [5, 5.41) is 3.28. The van der Waals surface area contributed by atoms with Crippen LogP contribution >= 0.6 is 11.3 Å². The number of nitrogens with one attached hydrogen (secondary N) is 1. The molecule has 1 N–H and O–H groups in total. The summed E-state index contributed by atoms with van der Waals surface area (Å²) in [6.07, 6.45) is 3.14. The fraction of sp³-hybridized carbons (Fsp3) is 0.476. The van der Waals surface area contributed by atoms with Crippen molar-refractivity contribution in [2.24, 2.45) is 16.2 Å². The highest BCUT2D eigenvalue weighted by atomic mass is 32.2. The lowest BCUT2D eigenvalue weighted by Crippen LogP contribution is -2.41. The summed E-state index contributed by atoms with van der Waals surface area (Å²) in [4.78, 5) is 5.52. The normalized spacial score (nSPS) is 21.8. The van der Waals surface area contributed by atoms with E-state index in [2.05, 4.69) is 40.6 Å². The summed E-state index contributed by atoms with van der Waals surface area (Å²) >= 11 is 1.90. The number of anilines is 1. The molecular formula is C21H27N3O2S2. The molecule has 2 aliphatic heterocycles. The second kappa shape index (κ2) is 7.97. The molecule has 4 rings (SSSR count). The molecule has 5 nitrogen and oxygen atoms in total. The lowest BCUT2D eigenvalue weighted by Gasteiger charge is -2.34. The second-order valence-corrected chi connectivity index (χ2v) is 10.9. The topological polar surface area (TPSA) is 61.8 Å². The van der Waals surface area contributed by atoms with E-state index in [0.717, 1.165) is 38.9 Å². The Labute approximate surface area is 171 Å². The van der Waals surface area contributed by atoms with Crippen molar-refractivity contribution in [1.29, 1.82) is 0 Å². The molecule has 2 aromatic rings. The number of thiophene rings is 1. The standard InChI is InChI=1S/C21H27N3O2S2/c1-15(2)12-17-9-10-18(27-17)14-24-11-5-6-16(13-24)21-22-19-7-3-4-8-20(19)28(25,26)23-21/h3-4,7-10,15-16H,5-6,11-14H2,1-2H3,(H,22,23). The Morgan fingerprint density at radius 1 is 1.21 bits per heavy atom. The van der Waals surface area contributed by atoms with Gasteiger partial charge in [0.05, 0.1) is 5.69 Å². The summed E-state index contributed by atoms with van der Waals surface area (Å²) in [5.41, 5.74) is 0.640. The van der Waals surface area contributed by atoms with Crippen molar-refractivity contribution >= 4 is 32.9 Å². The average Bonchev–Trinajstić information content (AvgIpc) is 3.07. The molecule has 0 amide bonds. The molecule has 0 aliphatic carbocycles. The van der Waals surface area contributed by atoms with E-state index in [1.807, 2.05) is 23.5 Å². The van der Waals surface area contributed by atoms with Crippen LogP contribution in [0.2, 0.25) is 0 Å². The third-order valence-corrected chi connectivity index (χ3v) is 7.69. The van der Waals surface area contributed by atoms with Crippen LogP contribution in [0.5, 0.6) is 0 Å². The van der Waals surface area contributed by atoms with E-state index in [4.69, 9.17) is 0 Å². The maximum atomic E-state index is 12.5. The third-order valence-electron chi connectivity index (χ3n) is 5.24. The van der Waals surface area contributed by atoms with Crippen LogP contribution in [0, 0.1) is 11.8 Å². The highest BCUT2D eigenvalue weighted by Gasteiger charge is 2.31. The largest absolute Gasteiger partial charge is 0.342 e. The zero-order valence-electron chi connectivity index (χ0n) is 16.4. The van der Waals surface area contributed by atoms with Gasteiger partial charge in [0.2, 0.25) is 0 Å². The minimum Gasteiger partial charge on any atom is -0.342 e. The Morgan fingerprint density at radius 3 is 2.82 bits per heavy atom. The quantitative estimate of drug-likeness (QED) is 0.785. The van der Waals surface area contributed by atoms with E-state index in [0.29, 0.717) is 17.4 Å². The van der Waals surface area contributed by atoms with Gasteiger partial charge in [-0.25, -0.2) is 0 Å². The van der Waals surface area contributed by atoms with Gasteiger partial charge >= 0.3 is 0 Å². The highest BCUT2D eigenvalue weighted by Crippen LogP contribution is 2.31. The number of benzene rings is 1. The van der Waals surface area contributed by atoms with E-state index in [1.165, 1.54) is 9.75 Å². The smallest absolute Gasteiger partial charge is 0.286 e. The number of nitrogens with zero attached hydrogens (tertiary/aromatic N) is 2. The van der Waals surface area contributed by atoms with Gasteiger partial charge in [-0.2, -0.15) is 8.42 Å². The molecule has 1 unspecified atom stereocenters. The molecule has 0 saturated carbocycles. The summed E-state index contributed by atoms with van der Waals surface area (Å²) in [6, 6.07) is 11.5. The van der Waals surface area contributed by atoms with Crippen molar-refractivity contribution in [2.45, 2.75) is 44.6 Å². The van der Waals surface area contributed by atoms with Gasteiger partial charge in [-0.15, -0.1) is 15.7 Å². The zero-order valence-corrected chi connectivity index (χ0v) is 18.0. The third kappa shape index (κ3) is 4.31. The van der Waals surface area contributed by atoms with Crippen LogP contribution in [0.25, 0.3) is 0 Å². The van der Waals surface area contributed by atoms with E-state index >= 15 is 0 Å². The molecule has 0 spiro atoms. The Hall–Kier alpha value is -1.70. The predicted molar refractivity (Wildman–Crippen MR) is 116 cm³/mol. The van der Waals surface area contributed by atoms with E-state index < -0.39 is 10.0 Å². The van der Waals surface area contributed by atoms with Gasteiger partial charge in [-0.1, -0.05) is 26.0 Å². The van der Waals surface area contributed by atoms with Crippen LogP contribution < -0.4 is 5.32 Å². The number of hydrogen-bond acceptors (Lipinski definition) is 5. The summed E-state index contributed by atoms with van der Waals surface area (Å²) in [7, 11) is -3.62. The SMILES string of the molecule is CC(C)Cc1ccc(CN2CCCC(C3=NS(=O)(=O)c4ccccc4N3)C2)s1. The number of sulfonamides is 1. The summed E-state index contributed by atoms with van der Waals surface area (Å²) in [5.74, 6) is 1.38. The van der Waals surface area contributed by atoms with Crippen molar-refractivity contribution in [3.63, 3.8) is 0 Å². The fourth-order valence-electron chi connectivity index (χ4n) is 3.97. The number of hydrogen-bond donors (Lipinski definition) is 1. The molecule has 0 radical (unpaired) electrons. The van der Waals surface area contributed by atoms with Crippen LogP contribution in [-0.2, 0) is 23.0 Å². The molecule has 150 valence electrons. The van der Waals surface area contributed by atoms with Gasteiger partial charge in [0.15, 0.2) is 0 Å². The molecule has 7 heteroatoms. The van der Waals surface area contributed by atoms with Crippen molar-refractivity contribution in [1.82, 2.24) is 4.90 Å². The van der Waals surface area contributed by atoms with Crippen LogP contribution in [0.15, 0.2) is 45.7 Å². The number of likely N-dealkylation sites (tertiary alicyclic amines) is 1.